The van der Waals surface area contributed by atoms with Crippen molar-refractivity contribution in [3.8, 4) is 0 Å². The molecule has 1 saturated heterocycles. The molecule has 126 valence electrons. The molecule has 2 aromatic rings. The summed E-state index contributed by atoms with van der Waals surface area (Å²) in [6, 6.07) is 11.3. The van der Waals surface area contributed by atoms with Gasteiger partial charge in [-0.3, -0.25) is 9.69 Å². The monoisotopic (exact) mass is 344 g/mol. The van der Waals surface area contributed by atoms with Gasteiger partial charge in [-0.15, -0.1) is 0 Å². The molecule has 1 fully saturated rings. The molecule has 0 saturated carbocycles. The van der Waals surface area contributed by atoms with Crippen LogP contribution in [0.3, 0.4) is 0 Å². The molecule has 0 spiro atoms. The van der Waals surface area contributed by atoms with Gasteiger partial charge in [-0.25, -0.2) is 0 Å². The Hall–Kier alpha value is -2.04. The van der Waals surface area contributed by atoms with E-state index in [0.29, 0.717) is 11.6 Å². The lowest BCUT2D eigenvalue weighted by atomic mass is 10.2. The Labute approximate surface area is 147 Å². The molecule has 0 bridgehead atoms. The van der Waals surface area contributed by atoms with E-state index in [1.54, 1.807) is 30.5 Å². The van der Waals surface area contributed by atoms with Crippen LogP contribution in [0.4, 0.5) is 0 Å². The molecule has 2 heterocycles. The van der Waals surface area contributed by atoms with Crippen molar-refractivity contribution in [2.75, 3.05) is 19.6 Å². The highest BCUT2D eigenvalue weighted by molar-refractivity contribution is 6.30. The van der Waals surface area contributed by atoms with Crippen LogP contribution in [0.25, 0.3) is 6.08 Å². The van der Waals surface area contributed by atoms with Crippen LogP contribution >= 0.6 is 11.6 Å². The molecular formula is C19H21ClN2O2. The van der Waals surface area contributed by atoms with Gasteiger partial charge in [0.05, 0.1) is 12.3 Å². The van der Waals surface area contributed by atoms with Crippen molar-refractivity contribution >= 4 is 23.6 Å². The maximum Gasteiger partial charge on any atom is 0.244 e. The molecule has 1 atom stereocenters. The van der Waals surface area contributed by atoms with Gasteiger partial charge in [0.25, 0.3) is 0 Å². The number of furan rings is 1. The van der Waals surface area contributed by atoms with Gasteiger partial charge >= 0.3 is 0 Å². The highest BCUT2D eigenvalue weighted by atomic mass is 35.5. The largest absolute Gasteiger partial charge is 0.468 e. The van der Waals surface area contributed by atoms with Gasteiger partial charge in [-0.05, 0) is 61.8 Å². The van der Waals surface area contributed by atoms with E-state index >= 15 is 0 Å². The number of carbonyl (C=O) groups is 1. The average Bonchev–Trinajstić information content (AvgIpc) is 3.29. The van der Waals surface area contributed by atoms with Crippen LogP contribution in [0.2, 0.25) is 5.02 Å². The molecule has 1 aromatic heterocycles. The van der Waals surface area contributed by atoms with E-state index in [9.17, 15) is 4.79 Å². The van der Waals surface area contributed by atoms with Crippen molar-refractivity contribution in [1.82, 2.24) is 10.2 Å². The second kappa shape index (κ2) is 8.18. The standard InChI is InChI=1S/C19H21ClN2O2/c20-16-8-5-15(6-9-16)7-10-19(23)21-14-17(18-4-3-13-24-18)22-11-1-2-12-22/h3-10,13,17H,1-2,11-12,14H2,(H,21,23)/b10-7+. The first kappa shape index (κ1) is 16.8. The third kappa shape index (κ3) is 4.49. The van der Waals surface area contributed by atoms with Gasteiger partial charge in [0.15, 0.2) is 0 Å². The third-order valence-corrected chi connectivity index (χ3v) is 4.47. The topological polar surface area (TPSA) is 45.5 Å². The molecule has 1 N–H and O–H groups in total. The number of hydrogen-bond donors (Lipinski definition) is 1. The summed E-state index contributed by atoms with van der Waals surface area (Å²) in [4.78, 5) is 14.5. The minimum Gasteiger partial charge on any atom is -0.468 e. The number of nitrogens with one attached hydrogen (secondary N) is 1. The van der Waals surface area contributed by atoms with E-state index in [1.165, 1.54) is 12.8 Å². The molecule has 1 aliphatic heterocycles. The molecule has 0 aliphatic carbocycles. The average molecular weight is 345 g/mol. The summed E-state index contributed by atoms with van der Waals surface area (Å²) in [7, 11) is 0. The van der Waals surface area contributed by atoms with Crippen LogP contribution in [-0.4, -0.2) is 30.4 Å². The number of likely N-dealkylation sites (tertiary alicyclic amines) is 1. The summed E-state index contributed by atoms with van der Waals surface area (Å²) < 4.78 is 5.56. The Bertz CT molecular complexity index is 674. The zero-order chi connectivity index (χ0) is 16.8. The highest BCUT2D eigenvalue weighted by Crippen LogP contribution is 2.24. The first-order chi connectivity index (χ1) is 11.7. The summed E-state index contributed by atoms with van der Waals surface area (Å²) in [5.41, 5.74) is 0.941. The van der Waals surface area contributed by atoms with Crippen molar-refractivity contribution in [3.63, 3.8) is 0 Å². The fourth-order valence-electron chi connectivity index (χ4n) is 2.95. The van der Waals surface area contributed by atoms with Gasteiger partial charge in [-0.1, -0.05) is 23.7 Å². The number of rotatable bonds is 6. The van der Waals surface area contributed by atoms with E-state index in [-0.39, 0.29) is 11.9 Å². The first-order valence-corrected chi connectivity index (χ1v) is 8.59. The number of halogens is 1. The van der Waals surface area contributed by atoms with Crippen molar-refractivity contribution in [1.29, 1.82) is 0 Å². The van der Waals surface area contributed by atoms with E-state index in [1.807, 2.05) is 24.3 Å². The third-order valence-electron chi connectivity index (χ3n) is 4.22. The normalized spacial score (nSPS) is 16.5. The lowest BCUT2D eigenvalue weighted by Crippen LogP contribution is -2.36. The van der Waals surface area contributed by atoms with E-state index in [4.69, 9.17) is 16.0 Å². The van der Waals surface area contributed by atoms with E-state index in [0.717, 1.165) is 24.4 Å². The van der Waals surface area contributed by atoms with Gasteiger partial charge in [0.2, 0.25) is 5.91 Å². The number of nitrogens with zero attached hydrogens (tertiary/aromatic N) is 1. The van der Waals surface area contributed by atoms with Crippen molar-refractivity contribution in [2.24, 2.45) is 0 Å². The van der Waals surface area contributed by atoms with Crippen LogP contribution in [0.5, 0.6) is 0 Å². The molecule has 1 aromatic carbocycles. The van der Waals surface area contributed by atoms with Gasteiger partial charge in [0, 0.05) is 17.6 Å². The highest BCUT2D eigenvalue weighted by Gasteiger charge is 2.25. The SMILES string of the molecule is O=C(/C=C/c1ccc(Cl)cc1)NCC(c1ccco1)N1CCCC1. The molecule has 1 unspecified atom stereocenters. The van der Waals surface area contributed by atoms with Crippen LogP contribution in [0, 0.1) is 0 Å². The zero-order valence-corrected chi connectivity index (χ0v) is 14.2. The fraction of sp³-hybridized carbons (Fsp3) is 0.316. The molecule has 1 amide bonds. The van der Waals surface area contributed by atoms with Gasteiger partial charge < -0.3 is 9.73 Å². The summed E-state index contributed by atoms with van der Waals surface area (Å²) in [5.74, 6) is 0.791. The molecule has 5 heteroatoms. The number of benzene rings is 1. The van der Waals surface area contributed by atoms with Crippen LogP contribution in [-0.2, 0) is 4.79 Å². The van der Waals surface area contributed by atoms with Crippen LogP contribution in [0.1, 0.15) is 30.2 Å². The molecule has 0 radical (unpaired) electrons. The Balaban J connectivity index is 1.57. The Kier molecular flexibility index (Phi) is 5.72. The van der Waals surface area contributed by atoms with Crippen molar-refractivity contribution < 1.29 is 9.21 Å². The predicted molar refractivity (Wildman–Crippen MR) is 95.8 cm³/mol. The summed E-state index contributed by atoms with van der Waals surface area (Å²) in [6.07, 6.45) is 7.40. The van der Waals surface area contributed by atoms with Crippen molar-refractivity contribution in [2.45, 2.75) is 18.9 Å². The first-order valence-electron chi connectivity index (χ1n) is 8.21. The number of carbonyl (C=O) groups excluding carboxylic acids is 1. The smallest absolute Gasteiger partial charge is 0.244 e. The maximum absolute atomic E-state index is 12.1. The second-order valence-electron chi connectivity index (χ2n) is 5.90. The Morgan fingerprint density at radius 1 is 1.25 bits per heavy atom. The van der Waals surface area contributed by atoms with Crippen LogP contribution in [0.15, 0.2) is 53.2 Å². The number of hydrogen-bond acceptors (Lipinski definition) is 3. The number of amides is 1. The Morgan fingerprint density at radius 3 is 2.67 bits per heavy atom. The maximum atomic E-state index is 12.1. The van der Waals surface area contributed by atoms with Crippen molar-refractivity contribution in [3.05, 3.63) is 65.1 Å². The lowest BCUT2D eigenvalue weighted by molar-refractivity contribution is -0.116. The lowest BCUT2D eigenvalue weighted by Gasteiger charge is -2.25. The summed E-state index contributed by atoms with van der Waals surface area (Å²) in [6.45, 7) is 2.63. The van der Waals surface area contributed by atoms with Crippen LogP contribution < -0.4 is 5.32 Å². The molecule has 4 nitrogen and oxygen atoms in total. The summed E-state index contributed by atoms with van der Waals surface area (Å²) >= 11 is 5.85. The predicted octanol–water partition coefficient (Wildman–Crippen LogP) is 3.90. The quantitative estimate of drug-likeness (QED) is 0.808. The Morgan fingerprint density at radius 2 is 2.00 bits per heavy atom. The minimum absolute atomic E-state index is 0.0929. The molecular weight excluding hydrogens is 324 g/mol. The van der Waals surface area contributed by atoms with Gasteiger partial charge in [-0.2, -0.15) is 0 Å². The molecule has 3 rings (SSSR count). The van der Waals surface area contributed by atoms with E-state index in [2.05, 4.69) is 10.2 Å². The molecule has 24 heavy (non-hydrogen) atoms. The van der Waals surface area contributed by atoms with Gasteiger partial charge in [0.1, 0.15) is 5.76 Å². The fourth-order valence-corrected chi connectivity index (χ4v) is 3.07. The molecule has 1 aliphatic rings. The zero-order valence-electron chi connectivity index (χ0n) is 13.5. The minimum atomic E-state index is -0.110. The van der Waals surface area contributed by atoms with E-state index < -0.39 is 0 Å². The second-order valence-corrected chi connectivity index (χ2v) is 6.34. The summed E-state index contributed by atoms with van der Waals surface area (Å²) in [5, 5.41) is 3.66.